The van der Waals surface area contributed by atoms with Crippen LogP contribution in [-0.4, -0.2) is 48.7 Å². The third-order valence-electron chi connectivity index (χ3n) is 4.24. The van der Waals surface area contributed by atoms with Crippen molar-refractivity contribution in [1.82, 2.24) is 4.90 Å². The van der Waals surface area contributed by atoms with Crippen LogP contribution in [0.25, 0.3) is 0 Å². The number of carboxylic acid groups (broad SMARTS) is 1. The first-order chi connectivity index (χ1) is 9.54. The SMILES string of the molecule is CCN1CCCC1CN(C)c1c(C)cccc1C(=O)O. The summed E-state index contributed by atoms with van der Waals surface area (Å²) < 4.78 is 0. The Morgan fingerprint density at radius 3 is 2.90 bits per heavy atom. The monoisotopic (exact) mass is 276 g/mol. The number of hydrogen-bond donors (Lipinski definition) is 1. The molecule has 1 aliphatic heterocycles. The molecule has 1 unspecified atom stereocenters. The number of likely N-dealkylation sites (N-methyl/N-ethyl adjacent to an activating group) is 2. The van der Waals surface area contributed by atoms with E-state index in [-0.39, 0.29) is 0 Å². The van der Waals surface area contributed by atoms with Crippen molar-refractivity contribution in [2.45, 2.75) is 32.7 Å². The minimum absolute atomic E-state index is 0.397. The first kappa shape index (κ1) is 14.9. The highest BCUT2D eigenvalue weighted by atomic mass is 16.4. The zero-order valence-electron chi connectivity index (χ0n) is 12.6. The number of benzene rings is 1. The van der Waals surface area contributed by atoms with E-state index < -0.39 is 5.97 Å². The molecule has 1 fully saturated rings. The van der Waals surface area contributed by atoms with E-state index in [1.54, 1.807) is 6.07 Å². The molecular formula is C16H24N2O2. The van der Waals surface area contributed by atoms with E-state index in [2.05, 4.69) is 16.7 Å². The third-order valence-corrected chi connectivity index (χ3v) is 4.24. The van der Waals surface area contributed by atoms with Crippen LogP contribution in [0.1, 0.15) is 35.7 Å². The predicted octanol–water partition coefficient (Wildman–Crippen LogP) is 2.61. The van der Waals surface area contributed by atoms with Gasteiger partial charge in [0.2, 0.25) is 0 Å². The lowest BCUT2D eigenvalue weighted by molar-refractivity contribution is 0.0697. The van der Waals surface area contributed by atoms with E-state index in [4.69, 9.17) is 0 Å². The van der Waals surface area contributed by atoms with Gasteiger partial charge in [-0.1, -0.05) is 19.1 Å². The van der Waals surface area contributed by atoms with Crippen LogP contribution < -0.4 is 4.90 Å². The Labute approximate surface area is 121 Å². The predicted molar refractivity (Wildman–Crippen MR) is 81.7 cm³/mol. The molecule has 20 heavy (non-hydrogen) atoms. The fourth-order valence-corrected chi connectivity index (χ4v) is 3.26. The van der Waals surface area contributed by atoms with Crippen molar-refractivity contribution >= 4 is 11.7 Å². The molecule has 4 heteroatoms. The highest BCUT2D eigenvalue weighted by Crippen LogP contribution is 2.26. The van der Waals surface area contributed by atoms with Gasteiger partial charge in [0, 0.05) is 19.6 Å². The van der Waals surface area contributed by atoms with Crippen LogP contribution >= 0.6 is 0 Å². The number of aromatic carboxylic acids is 1. The zero-order valence-corrected chi connectivity index (χ0v) is 12.6. The summed E-state index contributed by atoms with van der Waals surface area (Å²) in [7, 11) is 2.00. The summed E-state index contributed by atoms with van der Waals surface area (Å²) in [6.45, 7) is 7.28. The molecule has 1 N–H and O–H groups in total. The van der Waals surface area contributed by atoms with Gasteiger partial charge in [0.05, 0.1) is 11.3 Å². The smallest absolute Gasteiger partial charge is 0.337 e. The summed E-state index contributed by atoms with van der Waals surface area (Å²) in [6, 6.07) is 6.01. The van der Waals surface area contributed by atoms with Crippen molar-refractivity contribution in [1.29, 1.82) is 0 Å². The van der Waals surface area contributed by atoms with Gasteiger partial charge in [0.15, 0.2) is 0 Å². The number of nitrogens with zero attached hydrogens (tertiary/aromatic N) is 2. The van der Waals surface area contributed by atoms with Crippen LogP contribution in [-0.2, 0) is 0 Å². The summed E-state index contributed by atoms with van der Waals surface area (Å²) >= 11 is 0. The molecule has 0 aliphatic carbocycles. The summed E-state index contributed by atoms with van der Waals surface area (Å²) in [6.07, 6.45) is 2.44. The zero-order chi connectivity index (χ0) is 14.7. The molecule has 1 heterocycles. The van der Waals surface area contributed by atoms with Gasteiger partial charge in [-0.25, -0.2) is 4.79 Å². The highest BCUT2D eigenvalue weighted by Gasteiger charge is 2.25. The third kappa shape index (κ3) is 2.96. The average molecular weight is 276 g/mol. The second kappa shape index (κ2) is 6.27. The molecule has 2 rings (SSSR count). The van der Waals surface area contributed by atoms with Crippen LogP contribution in [0.2, 0.25) is 0 Å². The van der Waals surface area contributed by atoms with Crippen molar-refractivity contribution in [3.05, 3.63) is 29.3 Å². The van der Waals surface area contributed by atoms with E-state index >= 15 is 0 Å². The number of para-hydroxylation sites is 1. The molecule has 1 aromatic carbocycles. The van der Waals surface area contributed by atoms with Crippen LogP contribution in [0.3, 0.4) is 0 Å². The van der Waals surface area contributed by atoms with E-state index in [9.17, 15) is 9.90 Å². The van der Waals surface area contributed by atoms with E-state index in [1.165, 1.54) is 12.8 Å². The minimum Gasteiger partial charge on any atom is -0.478 e. The van der Waals surface area contributed by atoms with Gasteiger partial charge >= 0.3 is 5.97 Å². The molecule has 0 aromatic heterocycles. The van der Waals surface area contributed by atoms with Crippen molar-refractivity contribution in [3.63, 3.8) is 0 Å². The molecule has 110 valence electrons. The van der Waals surface area contributed by atoms with Gasteiger partial charge < -0.3 is 10.0 Å². The molecule has 0 amide bonds. The second-order valence-corrected chi connectivity index (χ2v) is 5.58. The fourth-order valence-electron chi connectivity index (χ4n) is 3.26. The largest absolute Gasteiger partial charge is 0.478 e. The lowest BCUT2D eigenvalue weighted by Gasteiger charge is -2.30. The van der Waals surface area contributed by atoms with E-state index in [0.29, 0.717) is 11.6 Å². The van der Waals surface area contributed by atoms with Crippen LogP contribution in [0.4, 0.5) is 5.69 Å². The van der Waals surface area contributed by atoms with Crippen molar-refractivity contribution < 1.29 is 9.90 Å². The van der Waals surface area contributed by atoms with Gasteiger partial charge in [-0.05, 0) is 44.5 Å². The molecule has 0 spiro atoms. The Morgan fingerprint density at radius 1 is 1.50 bits per heavy atom. The summed E-state index contributed by atoms with van der Waals surface area (Å²) in [4.78, 5) is 16.0. The van der Waals surface area contributed by atoms with Gasteiger partial charge in [0.25, 0.3) is 0 Å². The molecular weight excluding hydrogens is 252 g/mol. The van der Waals surface area contributed by atoms with Gasteiger partial charge in [0.1, 0.15) is 0 Å². The summed E-state index contributed by atoms with van der Waals surface area (Å²) in [5.41, 5.74) is 2.27. The number of hydrogen-bond acceptors (Lipinski definition) is 3. The molecule has 1 aromatic rings. The molecule has 0 bridgehead atoms. The quantitative estimate of drug-likeness (QED) is 0.898. The van der Waals surface area contributed by atoms with Gasteiger partial charge in [-0.15, -0.1) is 0 Å². The Hall–Kier alpha value is -1.55. The second-order valence-electron chi connectivity index (χ2n) is 5.58. The Balaban J connectivity index is 2.20. The van der Waals surface area contributed by atoms with Crippen molar-refractivity contribution in [3.8, 4) is 0 Å². The number of carbonyl (C=O) groups is 1. The highest BCUT2D eigenvalue weighted by molar-refractivity contribution is 5.95. The molecule has 1 aliphatic rings. The van der Waals surface area contributed by atoms with Crippen molar-refractivity contribution in [2.24, 2.45) is 0 Å². The molecule has 0 saturated carbocycles. The average Bonchev–Trinajstić information content (AvgIpc) is 2.85. The van der Waals surface area contributed by atoms with Crippen molar-refractivity contribution in [2.75, 3.05) is 31.6 Å². The van der Waals surface area contributed by atoms with Gasteiger partial charge in [-0.3, -0.25) is 4.90 Å². The van der Waals surface area contributed by atoms with Gasteiger partial charge in [-0.2, -0.15) is 0 Å². The first-order valence-corrected chi connectivity index (χ1v) is 7.32. The molecule has 1 atom stereocenters. The number of anilines is 1. The van der Waals surface area contributed by atoms with Crippen LogP contribution in [0, 0.1) is 6.92 Å². The number of rotatable bonds is 5. The maximum atomic E-state index is 11.4. The Kier molecular flexibility index (Phi) is 4.65. The summed E-state index contributed by atoms with van der Waals surface area (Å²) in [5.74, 6) is -0.852. The topological polar surface area (TPSA) is 43.8 Å². The standard InChI is InChI=1S/C16H24N2O2/c1-4-18-10-6-8-13(18)11-17(3)15-12(2)7-5-9-14(15)16(19)20/h5,7,9,13H,4,6,8,10-11H2,1-3H3,(H,19,20). The maximum absolute atomic E-state index is 11.4. The number of carboxylic acids is 1. The number of aryl methyl sites for hydroxylation is 1. The fraction of sp³-hybridized carbons (Fsp3) is 0.562. The summed E-state index contributed by atoms with van der Waals surface area (Å²) in [5, 5.41) is 9.36. The lowest BCUT2D eigenvalue weighted by Crippen LogP contribution is -2.39. The molecule has 4 nitrogen and oxygen atoms in total. The van der Waals surface area contributed by atoms with E-state index in [1.807, 2.05) is 26.1 Å². The molecule has 0 radical (unpaired) electrons. The minimum atomic E-state index is -0.852. The van der Waals surface area contributed by atoms with E-state index in [0.717, 1.165) is 30.9 Å². The Bertz CT molecular complexity index is 487. The normalized spacial score (nSPS) is 19.2. The lowest BCUT2D eigenvalue weighted by atomic mass is 10.1. The Morgan fingerprint density at radius 2 is 2.25 bits per heavy atom. The number of likely N-dealkylation sites (tertiary alicyclic amines) is 1. The maximum Gasteiger partial charge on any atom is 0.337 e. The van der Waals surface area contributed by atoms with Crippen LogP contribution in [0.5, 0.6) is 0 Å². The van der Waals surface area contributed by atoms with Crippen LogP contribution in [0.15, 0.2) is 18.2 Å². The first-order valence-electron chi connectivity index (χ1n) is 7.32. The molecule has 1 saturated heterocycles.